The lowest BCUT2D eigenvalue weighted by Crippen LogP contribution is -2.56. The molecule has 3 atom stereocenters. The number of hydrogen-bond acceptors (Lipinski definition) is 7. The van der Waals surface area contributed by atoms with Crippen molar-refractivity contribution in [1.29, 1.82) is 0 Å². The van der Waals surface area contributed by atoms with Gasteiger partial charge in [0, 0.05) is 56.3 Å². The summed E-state index contributed by atoms with van der Waals surface area (Å²) in [6, 6.07) is 20.4. The molecule has 1 heterocycles. The molecule has 310 valence electrons. The van der Waals surface area contributed by atoms with Crippen LogP contribution in [0.1, 0.15) is 56.7 Å². The average Bonchev–Trinajstić information content (AvgIpc) is 3.58. The van der Waals surface area contributed by atoms with E-state index in [1.165, 1.54) is 23.9 Å². The Hall–Kier alpha value is -6.38. The minimum atomic E-state index is -1.15. The third-order valence-corrected chi connectivity index (χ3v) is 9.53. The Morgan fingerprint density at radius 2 is 1.50 bits per heavy atom. The predicted octanol–water partition coefficient (Wildman–Crippen LogP) is 4.40. The van der Waals surface area contributed by atoms with Crippen molar-refractivity contribution in [2.24, 2.45) is 5.73 Å². The number of nitrogens with one attached hydrogen (secondary N) is 5. The molecule has 1 aromatic heterocycles. The first-order valence-corrected chi connectivity index (χ1v) is 19.3. The molecule has 0 radical (unpaired) electrons. The lowest BCUT2D eigenvalue weighted by Gasteiger charge is -2.30. The third kappa shape index (κ3) is 13.4. The summed E-state index contributed by atoms with van der Waals surface area (Å²) in [6.07, 6.45) is 2.22. The number of alkyl carbamates (subject to hydrolysis) is 1. The smallest absolute Gasteiger partial charge is 0.408 e. The number of anilines is 1. The Balaban J connectivity index is 1.50. The summed E-state index contributed by atoms with van der Waals surface area (Å²) in [5, 5.41) is 12.0. The minimum absolute atomic E-state index is 0.0744. The highest BCUT2D eigenvalue weighted by molar-refractivity contribution is 5.94. The molecule has 0 bridgehead atoms. The largest absolute Gasteiger partial charge is 0.444 e. The van der Waals surface area contributed by atoms with Gasteiger partial charge >= 0.3 is 12.1 Å². The molecule has 7 amide bonds. The molecular weight excluding hydrogens is 741 g/mol. The number of nitrogens with two attached hydrogens (primary N) is 1. The van der Waals surface area contributed by atoms with E-state index in [1.54, 1.807) is 33.0 Å². The number of likely N-dealkylation sites (N-methyl/N-ethyl adjacent to an activating group) is 2. The van der Waals surface area contributed by atoms with Gasteiger partial charge in [-0.3, -0.25) is 19.2 Å². The van der Waals surface area contributed by atoms with E-state index in [4.69, 9.17) is 10.5 Å². The Labute approximate surface area is 339 Å². The van der Waals surface area contributed by atoms with Crippen LogP contribution in [-0.2, 0) is 36.8 Å². The maximum Gasteiger partial charge on any atom is 0.408 e. The second-order valence-corrected chi connectivity index (χ2v) is 15.3. The molecule has 15 heteroatoms. The Morgan fingerprint density at radius 3 is 2.19 bits per heavy atom. The number of amides is 7. The van der Waals surface area contributed by atoms with Gasteiger partial charge in [0.2, 0.25) is 23.6 Å². The highest BCUT2D eigenvalue weighted by atomic mass is 16.6. The monoisotopic (exact) mass is 796 g/mol. The van der Waals surface area contributed by atoms with Gasteiger partial charge in [-0.2, -0.15) is 0 Å². The number of ether oxygens (including phenoxy) is 1. The third-order valence-electron chi connectivity index (χ3n) is 9.53. The lowest BCUT2D eigenvalue weighted by atomic mass is 10.0. The number of aryl methyl sites for hydroxylation is 1. The van der Waals surface area contributed by atoms with Gasteiger partial charge in [0.1, 0.15) is 23.7 Å². The van der Waals surface area contributed by atoms with Crippen molar-refractivity contribution >= 4 is 52.3 Å². The van der Waals surface area contributed by atoms with Gasteiger partial charge in [-0.25, -0.2) is 9.59 Å². The number of aromatic nitrogens is 1. The molecule has 15 nitrogen and oxygen atoms in total. The highest BCUT2D eigenvalue weighted by Gasteiger charge is 2.32. The molecule has 0 saturated carbocycles. The van der Waals surface area contributed by atoms with E-state index < -0.39 is 60.0 Å². The Kier molecular flexibility index (Phi) is 15.8. The lowest BCUT2D eigenvalue weighted by molar-refractivity contribution is -0.143. The van der Waals surface area contributed by atoms with E-state index in [2.05, 4.69) is 26.3 Å². The zero-order valence-corrected chi connectivity index (χ0v) is 34.1. The highest BCUT2D eigenvalue weighted by Crippen LogP contribution is 2.20. The van der Waals surface area contributed by atoms with Crippen molar-refractivity contribution in [3.8, 4) is 0 Å². The number of H-pyrrole nitrogens is 1. The van der Waals surface area contributed by atoms with Crippen molar-refractivity contribution in [3.63, 3.8) is 0 Å². The first-order valence-electron chi connectivity index (χ1n) is 19.3. The quantitative estimate of drug-likeness (QED) is 0.0800. The number of unbranched alkanes of at least 4 members (excludes halogenated alkanes) is 1. The van der Waals surface area contributed by atoms with E-state index in [-0.39, 0.29) is 31.8 Å². The van der Waals surface area contributed by atoms with E-state index in [0.717, 1.165) is 27.6 Å². The van der Waals surface area contributed by atoms with Gasteiger partial charge in [-0.15, -0.1) is 0 Å². The van der Waals surface area contributed by atoms with Crippen LogP contribution in [0.15, 0.2) is 85.1 Å². The molecule has 58 heavy (non-hydrogen) atoms. The molecule has 3 aromatic carbocycles. The molecule has 0 aliphatic rings. The summed E-state index contributed by atoms with van der Waals surface area (Å²) in [5.41, 5.74) is 8.87. The fourth-order valence-corrected chi connectivity index (χ4v) is 6.36. The molecule has 0 aliphatic carbocycles. The van der Waals surface area contributed by atoms with Crippen molar-refractivity contribution in [2.75, 3.05) is 32.5 Å². The topological polar surface area (TPSA) is 208 Å². The molecular formula is C43H56N8O7. The standard InChI is InChI=1S/C43H56N8O7/c1-28-16-10-12-20-32(28)48-41(56)45-23-15-14-22-34(40(55)50(5)27-37(52)51(6)36(38(44)53)24-29-17-8-7-9-18-29)47-39(54)35(49-42(57)58-43(2,3)4)25-30-26-46-33-21-13-11-19-31(30)33/h7-13,16-21,26,34-36,46H,14-15,22-25,27H2,1-6H3,(H2,44,53)(H,47,54)(H,49,57)(H2,45,48,56)/t34-,35-,36-/m0/s1. The van der Waals surface area contributed by atoms with Gasteiger partial charge in [0.25, 0.3) is 0 Å². The number of carbonyl (C=O) groups is 6. The van der Waals surface area contributed by atoms with Crippen LogP contribution in [0.25, 0.3) is 10.9 Å². The summed E-state index contributed by atoms with van der Waals surface area (Å²) < 4.78 is 5.48. The number of fused-ring (bicyclic) bond motifs is 1. The van der Waals surface area contributed by atoms with Crippen LogP contribution in [0.4, 0.5) is 15.3 Å². The number of carbonyl (C=O) groups excluding carboxylic acids is 6. The summed E-state index contributed by atoms with van der Waals surface area (Å²) in [4.78, 5) is 85.4. The van der Waals surface area contributed by atoms with Gasteiger partial charge < -0.3 is 46.5 Å². The Bertz CT molecular complexity index is 2040. The van der Waals surface area contributed by atoms with E-state index in [1.807, 2.05) is 79.7 Å². The maximum atomic E-state index is 14.1. The molecule has 0 fully saturated rings. The summed E-state index contributed by atoms with van der Waals surface area (Å²) in [5.74, 6) is -2.44. The van der Waals surface area contributed by atoms with Crippen LogP contribution in [0.3, 0.4) is 0 Å². The molecule has 0 spiro atoms. The molecule has 4 aromatic rings. The summed E-state index contributed by atoms with van der Waals surface area (Å²) in [6.45, 7) is 6.89. The normalized spacial score (nSPS) is 12.7. The number of para-hydroxylation sites is 2. The second-order valence-electron chi connectivity index (χ2n) is 15.3. The molecule has 0 unspecified atom stereocenters. The second kappa shape index (κ2) is 20.7. The number of urea groups is 1. The SMILES string of the molecule is Cc1ccccc1NC(=O)NCCCC[C@H](NC(=O)[C@H](Cc1c[nH]c2ccccc12)NC(=O)OC(C)(C)C)C(=O)N(C)CC(=O)N(C)[C@@H](Cc1ccccc1)C(N)=O. The van der Waals surface area contributed by atoms with E-state index in [0.29, 0.717) is 18.5 Å². The van der Waals surface area contributed by atoms with Crippen LogP contribution in [-0.4, -0.2) is 101 Å². The molecule has 4 rings (SSSR count). The Morgan fingerprint density at radius 1 is 0.828 bits per heavy atom. The van der Waals surface area contributed by atoms with Crippen LogP contribution in [0.5, 0.6) is 0 Å². The minimum Gasteiger partial charge on any atom is -0.444 e. The van der Waals surface area contributed by atoms with Crippen LogP contribution < -0.4 is 27.0 Å². The van der Waals surface area contributed by atoms with Gasteiger partial charge in [0.15, 0.2) is 0 Å². The van der Waals surface area contributed by atoms with Crippen LogP contribution in [0, 0.1) is 6.92 Å². The van der Waals surface area contributed by atoms with Crippen LogP contribution in [0.2, 0.25) is 0 Å². The summed E-state index contributed by atoms with van der Waals surface area (Å²) >= 11 is 0. The number of nitrogens with zero attached hydrogens (tertiary/aromatic N) is 2. The number of rotatable bonds is 18. The number of hydrogen-bond donors (Lipinski definition) is 6. The van der Waals surface area contributed by atoms with Crippen molar-refractivity contribution in [2.45, 2.75) is 83.5 Å². The van der Waals surface area contributed by atoms with Gasteiger partial charge in [-0.05, 0) is 75.8 Å². The van der Waals surface area contributed by atoms with Crippen LogP contribution >= 0.6 is 0 Å². The average molecular weight is 797 g/mol. The maximum absolute atomic E-state index is 14.1. The zero-order chi connectivity index (χ0) is 42.4. The number of aromatic amines is 1. The molecule has 0 saturated heterocycles. The number of primary amides is 1. The summed E-state index contributed by atoms with van der Waals surface area (Å²) in [7, 11) is 2.89. The fourth-order valence-electron chi connectivity index (χ4n) is 6.36. The molecule has 0 aliphatic heterocycles. The first-order chi connectivity index (χ1) is 27.5. The van der Waals surface area contributed by atoms with Gasteiger partial charge in [0.05, 0.1) is 6.54 Å². The first kappa shape index (κ1) is 44.3. The van der Waals surface area contributed by atoms with Gasteiger partial charge in [-0.1, -0.05) is 66.7 Å². The van der Waals surface area contributed by atoms with E-state index in [9.17, 15) is 28.8 Å². The van der Waals surface area contributed by atoms with Crippen molar-refractivity contribution < 1.29 is 33.5 Å². The fraction of sp³-hybridized carbons (Fsp3) is 0.395. The van der Waals surface area contributed by atoms with Crippen molar-refractivity contribution in [3.05, 3.63) is 102 Å². The molecule has 7 N–H and O–H groups in total. The van der Waals surface area contributed by atoms with E-state index >= 15 is 0 Å². The number of benzene rings is 3. The zero-order valence-electron chi connectivity index (χ0n) is 34.1. The predicted molar refractivity (Wildman–Crippen MR) is 223 cm³/mol. The van der Waals surface area contributed by atoms with Crippen molar-refractivity contribution in [1.82, 2.24) is 30.7 Å².